The van der Waals surface area contributed by atoms with Crippen LogP contribution in [-0.2, 0) is 19.1 Å². The third-order valence-corrected chi connectivity index (χ3v) is 5.76. The predicted molar refractivity (Wildman–Crippen MR) is 117 cm³/mol. The fraction of sp³-hybridized carbons (Fsp3) is 0.143. The number of esters is 2. The molecule has 0 fully saturated rings. The molecule has 2 aromatic carbocycles. The van der Waals surface area contributed by atoms with Gasteiger partial charge in [0.15, 0.2) is 6.61 Å². The van der Waals surface area contributed by atoms with Crippen molar-refractivity contribution in [2.45, 2.75) is 0 Å². The number of rotatable bonds is 7. The number of halogens is 1. The molecule has 10 heteroatoms. The van der Waals surface area contributed by atoms with Crippen LogP contribution in [0.2, 0.25) is 5.02 Å². The summed E-state index contributed by atoms with van der Waals surface area (Å²) in [6.45, 7) is -0.943. The Balaban J connectivity index is 1.45. The molecule has 3 rings (SSSR count). The minimum atomic E-state index is -0.776. The molecule has 2 N–H and O–H groups in total. The van der Waals surface area contributed by atoms with Crippen LogP contribution in [0.5, 0.6) is 0 Å². The third kappa shape index (κ3) is 5.59. The van der Waals surface area contributed by atoms with Gasteiger partial charge in [0.1, 0.15) is 11.4 Å². The molecule has 0 aliphatic rings. The van der Waals surface area contributed by atoms with Crippen LogP contribution in [0.15, 0.2) is 48.5 Å². The van der Waals surface area contributed by atoms with E-state index in [0.717, 1.165) is 10.1 Å². The number of hydrogen-bond acceptors (Lipinski definition) is 7. The van der Waals surface area contributed by atoms with Crippen molar-refractivity contribution >= 4 is 62.5 Å². The molecule has 8 nitrogen and oxygen atoms in total. The summed E-state index contributed by atoms with van der Waals surface area (Å²) in [5.41, 5.74) is 0.753. The number of carbonyl (C=O) groups is 4. The van der Waals surface area contributed by atoms with E-state index in [0.29, 0.717) is 21.2 Å². The number of nitrogens with one attached hydrogen (secondary N) is 2. The first-order valence-electron chi connectivity index (χ1n) is 8.98. The van der Waals surface area contributed by atoms with Crippen LogP contribution < -0.4 is 10.6 Å². The number of ether oxygens (including phenoxy) is 2. The molecule has 160 valence electrons. The molecule has 1 aromatic heterocycles. The number of benzene rings is 2. The van der Waals surface area contributed by atoms with E-state index in [2.05, 4.69) is 15.4 Å². The second-order valence-corrected chi connectivity index (χ2v) is 7.63. The van der Waals surface area contributed by atoms with Gasteiger partial charge in [0.25, 0.3) is 11.8 Å². The largest absolute Gasteiger partial charge is 0.465 e. The first-order chi connectivity index (χ1) is 14.9. The molecule has 0 unspecified atom stereocenters. The SMILES string of the molecule is COC(=O)c1ccc(NC(=O)COC(=O)CNC(=O)c2sc3ccccc3c2Cl)cc1. The lowest BCUT2D eigenvalue weighted by molar-refractivity contribution is -0.146. The fourth-order valence-corrected chi connectivity index (χ4v) is 4.03. The molecule has 0 bridgehead atoms. The van der Waals surface area contributed by atoms with Crippen molar-refractivity contribution in [2.24, 2.45) is 0 Å². The van der Waals surface area contributed by atoms with Crippen molar-refractivity contribution in [3.05, 3.63) is 64.0 Å². The van der Waals surface area contributed by atoms with Crippen LogP contribution >= 0.6 is 22.9 Å². The summed E-state index contributed by atoms with van der Waals surface area (Å²) >= 11 is 7.46. The smallest absolute Gasteiger partial charge is 0.337 e. The Hall–Kier alpha value is -3.43. The van der Waals surface area contributed by atoms with Crippen molar-refractivity contribution in [1.82, 2.24) is 5.32 Å². The van der Waals surface area contributed by atoms with Crippen LogP contribution in [0.1, 0.15) is 20.0 Å². The number of anilines is 1. The van der Waals surface area contributed by atoms with Crippen molar-refractivity contribution in [2.75, 3.05) is 25.6 Å². The molecular weight excluding hydrogens is 444 g/mol. The summed E-state index contributed by atoms with van der Waals surface area (Å²) in [6.07, 6.45) is 0. The van der Waals surface area contributed by atoms with Gasteiger partial charge >= 0.3 is 11.9 Å². The summed E-state index contributed by atoms with van der Waals surface area (Å²) in [7, 11) is 1.27. The molecular formula is C21H17ClN2O6S. The summed E-state index contributed by atoms with van der Waals surface area (Å²) in [5.74, 6) is -2.34. The highest BCUT2D eigenvalue weighted by atomic mass is 35.5. The molecule has 0 aliphatic heterocycles. The maximum absolute atomic E-state index is 12.3. The molecule has 0 spiro atoms. The Kier molecular flexibility index (Phi) is 7.22. The molecule has 0 atom stereocenters. The number of carbonyl (C=O) groups excluding carboxylic acids is 4. The summed E-state index contributed by atoms with van der Waals surface area (Å²) in [5, 5.41) is 6.04. The van der Waals surface area contributed by atoms with Gasteiger partial charge < -0.3 is 20.1 Å². The summed E-state index contributed by atoms with van der Waals surface area (Å²) < 4.78 is 10.3. The van der Waals surface area contributed by atoms with E-state index in [1.807, 2.05) is 18.2 Å². The molecule has 0 saturated heterocycles. The van der Waals surface area contributed by atoms with Gasteiger partial charge in [-0.3, -0.25) is 14.4 Å². The Bertz CT molecular complexity index is 1140. The second-order valence-electron chi connectivity index (χ2n) is 6.20. The molecule has 0 aliphatic carbocycles. The van der Waals surface area contributed by atoms with Gasteiger partial charge in [0, 0.05) is 15.8 Å². The molecule has 3 aromatic rings. The van der Waals surface area contributed by atoms with Gasteiger partial charge in [-0.05, 0) is 30.3 Å². The highest BCUT2D eigenvalue weighted by Crippen LogP contribution is 2.34. The van der Waals surface area contributed by atoms with Crippen LogP contribution in [0, 0.1) is 0 Å². The van der Waals surface area contributed by atoms with E-state index in [4.69, 9.17) is 16.3 Å². The maximum atomic E-state index is 12.3. The second kappa shape index (κ2) is 10.1. The maximum Gasteiger partial charge on any atom is 0.337 e. The Morgan fingerprint density at radius 1 is 1.03 bits per heavy atom. The van der Waals surface area contributed by atoms with Gasteiger partial charge in [0.05, 0.1) is 17.7 Å². The van der Waals surface area contributed by atoms with E-state index in [1.165, 1.54) is 42.7 Å². The third-order valence-electron chi connectivity index (χ3n) is 4.09. The molecule has 2 amide bonds. The molecule has 31 heavy (non-hydrogen) atoms. The number of hydrogen-bond donors (Lipinski definition) is 2. The lowest BCUT2D eigenvalue weighted by Crippen LogP contribution is -2.32. The Morgan fingerprint density at radius 2 is 1.74 bits per heavy atom. The van der Waals surface area contributed by atoms with E-state index in [1.54, 1.807) is 6.07 Å². The zero-order chi connectivity index (χ0) is 22.4. The molecule has 0 radical (unpaired) electrons. The standard InChI is InChI=1S/C21H17ClN2O6S/c1-29-21(28)12-6-8-13(9-7-12)24-16(25)11-30-17(26)10-23-20(27)19-18(22)14-4-2-3-5-15(14)31-19/h2-9H,10-11H2,1H3,(H,23,27)(H,24,25). The van der Waals surface area contributed by atoms with E-state index < -0.39 is 36.9 Å². The van der Waals surface area contributed by atoms with Gasteiger partial charge in [0.2, 0.25) is 0 Å². The van der Waals surface area contributed by atoms with Crippen LogP contribution in [0.3, 0.4) is 0 Å². The van der Waals surface area contributed by atoms with E-state index in [9.17, 15) is 19.2 Å². The fourth-order valence-electron chi connectivity index (χ4n) is 2.59. The number of methoxy groups -OCH3 is 1. The quantitative estimate of drug-likeness (QED) is 0.523. The van der Waals surface area contributed by atoms with Crippen molar-refractivity contribution in [1.29, 1.82) is 0 Å². The average molecular weight is 461 g/mol. The zero-order valence-electron chi connectivity index (χ0n) is 16.3. The van der Waals surface area contributed by atoms with Crippen LogP contribution in [0.4, 0.5) is 5.69 Å². The predicted octanol–water partition coefficient (Wildman–Crippen LogP) is 3.25. The topological polar surface area (TPSA) is 111 Å². The first-order valence-corrected chi connectivity index (χ1v) is 10.2. The number of thiophene rings is 1. The first kappa shape index (κ1) is 22.3. The van der Waals surface area contributed by atoms with E-state index >= 15 is 0 Å². The summed E-state index contributed by atoms with van der Waals surface area (Å²) in [4.78, 5) is 47.8. The van der Waals surface area contributed by atoms with Gasteiger partial charge in [-0.25, -0.2) is 4.79 Å². The minimum Gasteiger partial charge on any atom is -0.465 e. The van der Waals surface area contributed by atoms with E-state index in [-0.39, 0.29) is 0 Å². The minimum absolute atomic E-state index is 0.295. The van der Waals surface area contributed by atoms with Crippen molar-refractivity contribution in [3.8, 4) is 0 Å². The lowest BCUT2D eigenvalue weighted by atomic mass is 10.2. The summed E-state index contributed by atoms with van der Waals surface area (Å²) in [6, 6.07) is 13.3. The lowest BCUT2D eigenvalue weighted by Gasteiger charge is -2.08. The monoisotopic (exact) mass is 460 g/mol. The highest BCUT2D eigenvalue weighted by Gasteiger charge is 2.18. The number of fused-ring (bicyclic) bond motifs is 1. The van der Waals surface area contributed by atoms with Crippen molar-refractivity contribution in [3.63, 3.8) is 0 Å². The molecule has 1 heterocycles. The zero-order valence-corrected chi connectivity index (χ0v) is 17.8. The number of amides is 2. The van der Waals surface area contributed by atoms with Gasteiger partial charge in [-0.1, -0.05) is 29.8 Å². The van der Waals surface area contributed by atoms with Gasteiger partial charge in [-0.15, -0.1) is 11.3 Å². The Labute approximate surface area is 186 Å². The average Bonchev–Trinajstić information content (AvgIpc) is 3.12. The highest BCUT2D eigenvalue weighted by molar-refractivity contribution is 7.21. The van der Waals surface area contributed by atoms with Crippen LogP contribution in [0.25, 0.3) is 10.1 Å². The normalized spacial score (nSPS) is 10.4. The Morgan fingerprint density at radius 3 is 2.42 bits per heavy atom. The van der Waals surface area contributed by atoms with Gasteiger partial charge in [-0.2, -0.15) is 0 Å². The molecule has 0 saturated carbocycles. The van der Waals surface area contributed by atoms with Crippen molar-refractivity contribution < 1.29 is 28.7 Å². The van der Waals surface area contributed by atoms with Crippen LogP contribution in [-0.4, -0.2) is 44.0 Å².